The van der Waals surface area contributed by atoms with Gasteiger partial charge in [0.25, 0.3) is 0 Å². The first-order chi connectivity index (χ1) is 18.2. The minimum atomic E-state index is -6.00. The van der Waals surface area contributed by atoms with Crippen molar-refractivity contribution in [3.05, 3.63) is 112 Å². The zero-order valence-electron chi connectivity index (χ0n) is 23.1. The number of allylic oxidation sites excluding steroid dienone is 6. The average Bonchev–Trinajstić information content (AvgIpc) is 3.51. The van der Waals surface area contributed by atoms with Crippen molar-refractivity contribution in [2.45, 2.75) is 38.5 Å². The van der Waals surface area contributed by atoms with Crippen LogP contribution in [0.2, 0.25) is 0 Å². The summed E-state index contributed by atoms with van der Waals surface area (Å²) in [6.45, 7) is 9.27. The molecular weight excluding hydrogens is 519 g/mol. The lowest BCUT2D eigenvalue weighted by Gasteiger charge is -2.23. The number of hydrogen-bond acceptors (Lipinski definition) is 2. The van der Waals surface area contributed by atoms with Gasteiger partial charge in [-0.2, -0.15) is 4.58 Å². The normalized spacial score (nSPS) is 18.9. The lowest BCUT2D eigenvalue weighted by Crippen LogP contribution is -2.26. The Morgan fingerprint density at radius 2 is 1.49 bits per heavy atom. The van der Waals surface area contributed by atoms with E-state index < -0.39 is 7.25 Å². The smallest absolute Gasteiger partial charge is 0.418 e. The van der Waals surface area contributed by atoms with E-state index in [4.69, 9.17) is 0 Å². The van der Waals surface area contributed by atoms with Crippen LogP contribution in [-0.2, 0) is 10.8 Å². The SMILES string of the molecule is CN1/C(=C/C=C(/C=C/C2=[N+](C)c3ccccc3C2(C)C)c2cccs2)C(C)(C)c2ccccc21.F[B-](F)(F)F. The van der Waals surface area contributed by atoms with Gasteiger partial charge in [-0.3, -0.25) is 0 Å². The summed E-state index contributed by atoms with van der Waals surface area (Å²) in [4.78, 5) is 3.61. The Morgan fingerprint density at radius 1 is 0.872 bits per heavy atom. The fourth-order valence-corrected chi connectivity index (χ4v) is 6.34. The number of hydrogen-bond donors (Lipinski definition) is 0. The van der Waals surface area contributed by atoms with E-state index in [0.717, 1.165) is 0 Å². The molecule has 0 fully saturated rings. The fraction of sp³-hybridized carbons (Fsp3) is 0.258. The second kappa shape index (κ2) is 10.6. The Morgan fingerprint density at radius 3 is 2.08 bits per heavy atom. The molecule has 0 unspecified atom stereocenters. The van der Waals surface area contributed by atoms with Crippen molar-refractivity contribution in [3.8, 4) is 0 Å². The zero-order valence-corrected chi connectivity index (χ0v) is 23.9. The molecule has 0 spiro atoms. The lowest BCUT2D eigenvalue weighted by molar-refractivity contribution is -0.401. The Labute approximate surface area is 232 Å². The lowest BCUT2D eigenvalue weighted by atomic mass is 9.81. The van der Waals surface area contributed by atoms with Gasteiger partial charge in [-0.25, -0.2) is 0 Å². The van der Waals surface area contributed by atoms with Crippen LogP contribution in [0.1, 0.15) is 43.7 Å². The number of anilines is 1. The van der Waals surface area contributed by atoms with Gasteiger partial charge in [0.05, 0.1) is 5.41 Å². The molecule has 2 nitrogen and oxygen atoms in total. The Balaban J connectivity index is 0.000000648. The molecule has 39 heavy (non-hydrogen) atoms. The van der Waals surface area contributed by atoms with E-state index in [1.165, 1.54) is 44.4 Å². The zero-order chi connectivity index (χ0) is 28.6. The molecule has 0 aliphatic carbocycles. The molecule has 2 aromatic carbocycles. The molecule has 204 valence electrons. The summed E-state index contributed by atoms with van der Waals surface area (Å²) < 4.78 is 41.3. The number of likely N-dealkylation sites (N-methyl/N-ethyl adjacent to an activating group) is 1. The van der Waals surface area contributed by atoms with E-state index in [9.17, 15) is 17.3 Å². The third kappa shape index (κ3) is 5.81. The molecule has 0 saturated heterocycles. The Bertz CT molecular complexity index is 1470. The highest BCUT2D eigenvalue weighted by Gasteiger charge is 2.42. The van der Waals surface area contributed by atoms with Crippen molar-refractivity contribution in [1.29, 1.82) is 0 Å². The van der Waals surface area contributed by atoms with Crippen molar-refractivity contribution in [3.63, 3.8) is 0 Å². The third-order valence-corrected chi connectivity index (χ3v) is 8.45. The number of halogens is 4. The van der Waals surface area contributed by atoms with E-state index in [2.05, 4.69) is 142 Å². The maximum absolute atomic E-state index is 9.75. The second-order valence-electron chi connectivity index (χ2n) is 10.8. The number of nitrogens with zero attached hydrogens (tertiary/aromatic N) is 2. The fourth-order valence-electron chi connectivity index (χ4n) is 5.60. The predicted octanol–water partition coefficient (Wildman–Crippen LogP) is 9.01. The number of rotatable bonds is 4. The number of thiophene rings is 1. The summed E-state index contributed by atoms with van der Waals surface area (Å²) in [6, 6.07) is 21.8. The summed E-state index contributed by atoms with van der Waals surface area (Å²) in [7, 11) is -1.64. The van der Waals surface area contributed by atoms with Gasteiger partial charge in [-0.15, -0.1) is 11.3 Å². The molecule has 2 aliphatic rings. The maximum Gasteiger partial charge on any atom is 0.673 e. The van der Waals surface area contributed by atoms with Crippen molar-refractivity contribution < 1.29 is 21.8 Å². The predicted molar refractivity (Wildman–Crippen MR) is 158 cm³/mol. The van der Waals surface area contributed by atoms with Crippen molar-refractivity contribution in [2.75, 3.05) is 19.0 Å². The van der Waals surface area contributed by atoms with Crippen LogP contribution in [0, 0.1) is 0 Å². The molecule has 0 atom stereocenters. The van der Waals surface area contributed by atoms with Crippen molar-refractivity contribution >= 4 is 41.3 Å². The van der Waals surface area contributed by atoms with Crippen LogP contribution in [0.15, 0.2) is 96.0 Å². The molecule has 0 saturated carbocycles. The molecule has 3 aromatic rings. The monoisotopic (exact) mass is 552 g/mol. The first-order valence-corrected chi connectivity index (χ1v) is 13.7. The van der Waals surface area contributed by atoms with Gasteiger partial charge in [0.15, 0.2) is 5.71 Å². The number of fused-ring (bicyclic) bond motifs is 2. The van der Waals surface area contributed by atoms with Crippen LogP contribution < -0.4 is 4.90 Å². The molecule has 0 radical (unpaired) electrons. The summed E-state index contributed by atoms with van der Waals surface area (Å²) in [5, 5.41) is 2.15. The van der Waals surface area contributed by atoms with E-state index in [1.54, 1.807) is 11.3 Å². The van der Waals surface area contributed by atoms with Gasteiger partial charge >= 0.3 is 7.25 Å². The molecule has 5 rings (SSSR count). The minimum absolute atomic E-state index is 0.0316. The van der Waals surface area contributed by atoms with Crippen molar-refractivity contribution in [1.82, 2.24) is 0 Å². The van der Waals surface area contributed by atoms with Gasteiger partial charge in [0.2, 0.25) is 5.69 Å². The van der Waals surface area contributed by atoms with Gasteiger partial charge in [-0.1, -0.05) is 62.4 Å². The Kier molecular flexibility index (Phi) is 7.81. The van der Waals surface area contributed by atoms with Crippen LogP contribution in [-0.4, -0.2) is 31.6 Å². The highest BCUT2D eigenvalue weighted by atomic mass is 32.1. The quantitative estimate of drug-likeness (QED) is 0.136. The summed E-state index contributed by atoms with van der Waals surface area (Å²) in [5.74, 6) is 0. The van der Waals surface area contributed by atoms with Gasteiger partial charge in [-0.05, 0) is 54.6 Å². The standard InChI is InChI=1S/C31H33N2S.BF4/c1-30(2)23-12-7-9-14-25(23)32(5)28(30)19-17-22(27-16-11-21-34-27)18-20-29-31(3,4)24-13-8-10-15-26(24)33(29)6;2-1(3,4)5/h7-21H,1-6H3;/q+1;-1. The summed E-state index contributed by atoms with van der Waals surface area (Å²) in [5.41, 5.74) is 9.15. The number of para-hydroxylation sites is 2. The van der Waals surface area contributed by atoms with Gasteiger partial charge in [0, 0.05) is 46.4 Å². The highest BCUT2D eigenvalue weighted by molar-refractivity contribution is 7.11. The first kappa shape index (κ1) is 28.6. The molecule has 1 aromatic heterocycles. The maximum atomic E-state index is 9.75. The molecule has 0 N–H and O–H groups in total. The molecular formula is C31H33BF4N2S. The molecule has 3 heterocycles. The third-order valence-electron chi connectivity index (χ3n) is 7.53. The average molecular weight is 552 g/mol. The second-order valence-corrected chi connectivity index (χ2v) is 11.7. The molecule has 8 heteroatoms. The van der Waals surface area contributed by atoms with E-state index >= 15 is 0 Å². The minimum Gasteiger partial charge on any atom is -0.418 e. The van der Waals surface area contributed by atoms with E-state index in [0.29, 0.717) is 0 Å². The van der Waals surface area contributed by atoms with Crippen LogP contribution in [0.3, 0.4) is 0 Å². The van der Waals surface area contributed by atoms with E-state index in [-0.39, 0.29) is 10.8 Å². The number of benzene rings is 2. The van der Waals surface area contributed by atoms with Crippen LogP contribution in [0.25, 0.3) is 5.57 Å². The van der Waals surface area contributed by atoms with Crippen LogP contribution in [0.4, 0.5) is 28.6 Å². The van der Waals surface area contributed by atoms with Crippen LogP contribution >= 0.6 is 11.3 Å². The summed E-state index contributed by atoms with van der Waals surface area (Å²) >= 11 is 1.79. The molecule has 0 bridgehead atoms. The van der Waals surface area contributed by atoms with Crippen LogP contribution in [0.5, 0.6) is 0 Å². The summed E-state index contributed by atoms with van der Waals surface area (Å²) in [6.07, 6.45) is 9.19. The first-order valence-electron chi connectivity index (χ1n) is 12.8. The molecule has 2 aliphatic heterocycles. The van der Waals surface area contributed by atoms with E-state index in [1.807, 2.05) is 0 Å². The Hall–Kier alpha value is -3.39. The van der Waals surface area contributed by atoms with Crippen molar-refractivity contribution in [2.24, 2.45) is 0 Å². The largest absolute Gasteiger partial charge is 0.673 e. The molecule has 0 amide bonds. The highest BCUT2D eigenvalue weighted by Crippen LogP contribution is 2.47. The topological polar surface area (TPSA) is 6.25 Å². The van der Waals surface area contributed by atoms with Gasteiger partial charge < -0.3 is 22.2 Å². The van der Waals surface area contributed by atoms with Gasteiger partial charge in [0.1, 0.15) is 7.05 Å².